The summed E-state index contributed by atoms with van der Waals surface area (Å²) in [6, 6.07) is -3.48. The Labute approximate surface area is 587 Å². The van der Waals surface area contributed by atoms with Crippen LogP contribution in [0.3, 0.4) is 0 Å². The average Bonchev–Trinajstić information content (AvgIpc) is 0.673. The van der Waals surface area contributed by atoms with Crippen molar-refractivity contribution in [3.05, 3.63) is 11.6 Å². The second-order valence-corrected chi connectivity index (χ2v) is 31.5. The fraction of sp³-hybridized carbons (Fsp3) is 0.808. The zero-order chi connectivity index (χ0) is 74.9. The molecular weight excluding hydrogens is 1300 g/mol. The van der Waals surface area contributed by atoms with Crippen molar-refractivity contribution in [3.63, 3.8) is 0 Å². The van der Waals surface area contributed by atoms with E-state index >= 15 is 9.59 Å². The van der Waals surface area contributed by atoms with Crippen molar-refractivity contribution in [1.29, 1.82) is 0 Å². The molecule has 27 nitrogen and oxygen atoms in total. The van der Waals surface area contributed by atoms with Crippen LogP contribution in [-0.4, -0.2) is 177 Å². The summed E-state index contributed by atoms with van der Waals surface area (Å²) in [6.07, 6.45) is -13.6. The molecule has 4 saturated carbocycles. The van der Waals surface area contributed by atoms with E-state index in [0.717, 1.165) is 59.5 Å². The minimum absolute atomic E-state index is 0.00730. The van der Waals surface area contributed by atoms with Crippen molar-refractivity contribution in [2.45, 2.75) is 289 Å². The van der Waals surface area contributed by atoms with Crippen LogP contribution in [0.15, 0.2) is 11.6 Å². The van der Waals surface area contributed by atoms with Crippen LogP contribution in [0.2, 0.25) is 0 Å². The zero-order valence-corrected chi connectivity index (χ0v) is 62.4. The Kier molecular flexibility index (Phi) is 25.5. The maximum atomic E-state index is 15.8. The zero-order valence-electron chi connectivity index (χ0n) is 62.4. The normalized spacial score (nSPS) is 36.0. The minimum atomic E-state index is -2.17. The van der Waals surface area contributed by atoms with Gasteiger partial charge in [-0.1, -0.05) is 95.6 Å². The quantitative estimate of drug-likeness (QED) is 0.0499. The Balaban J connectivity index is 1.33. The van der Waals surface area contributed by atoms with Crippen molar-refractivity contribution in [2.24, 2.45) is 68.0 Å². The summed E-state index contributed by atoms with van der Waals surface area (Å²) >= 11 is 0. The van der Waals surface area contributed by atoms with E-state index in [4.69, 9.17) is 56.8 Å². The number of ketones is 1. The van der Waals surface area contributed by atoms with Gasteiger partial charge in [0.1, 0.15) is 18.1 Å². The molecule has 5 aliphatic carbocycles. The van der Waals surface area contributed by atoms with E-state index in [-0.39, 0.29) is 61.1 Å². The third-order valence-electron chi connectivity index (χ3n) is 23.2. The molecule has 2 aliphatic heterocycles. The van der Waals surface area contributed by atoms with Crippen molar-refractivity contribution in [3.8, 4) is 0 Å². The summed E-state index contributed by atoms with van der Waals surface area (Å²) < 4.78 is 72.6. The lowest BCUT2D eigenvalue weighted by Gasteiger charge is -2.70. The minimum Gasteiger partial charge on any atom is -0.464 e. The number of hydrogen-bond acceptors (Lipinski definition) is 24. The van der Waals surface area contributed by atoms with Crippen molar-refractivity contribution in [2.75, 3.05) is 19.8 Å². The fourth-order valence-electron chi connectivity index (χ4n) is 17.9. The van der Waals surface area contributed by atoms with Gasteiger partial charge in [0.05, 0.1) is 25.9 Å². The van der Waals surface area contributed by atoms with Crippen molar-refractivity contribution in [1.82, 2.24) is 16.0 Å². The monoisotopic (exact) mass is 1410 g/mol. The maximum Gasteiger partial charge on any atom is 0.328 e. The molecule has 3 amide bonds. The van der Waals surface area contributed by atoms with Gasteiger partial charge in [-0.25, -0.2) is 14.4 Å². The molecule has 7 rings (SSSR count). The number of ether oxygens (including phenoxy) is 12. The van der Waals surface area contributed by atoms with Gasteiger partial charge < -0.3 is 72.8 Å². The van der Waals surface area contributed by atoms with E-state index in [2.05, 4.69) is 43.6 Å². The predicted molar refractivity (Wildman–Crippen MR) is 354 cm³/mol. The number of esters is 8. The van der Waals surface area contributed by atoms with Gasteiger partial charge in [-0.15, -0.1) is 0 Å². The smallest absolute Gasteiger partial charge is 0.328 e. The maximum absolute atomic E-state index is 15.8. The lowest BCUT2D eigenvalue weighted by atomic mass is 9.33. The highest BCUT2D eigenvalue weighted by Gasteiger charge is 2.71. The Bertz CT molecular complexity index is 3150. The first-order valence-electron chi connectivity index (χ1n) is 35.7. The molecule has 3 N–H and O–H groups in total. The number of nitrogens with one attached hydrogen (secondary N) is 3. The summed E-state index contributed by atoms with van der Waals surface area (Å²) in [4.78, 5) is 167. The lowest BCUT2D eigenvalue weighted by Crippen LogP contribution is -2.70. The number of fused-ring (bicyclic) bond motifs is 7. The molecule has 0 bridgehead atoms. The van der Waals surface area contributed by atoms with Crippen LogP contribution in [0, 0.1) is 68.0 Å². The largest absolute Gasteiger partial charge is 0.464 e. The molecule has 2 saturated heterocycles. The molecule has 0 aromatic rings. The Hall–Kier alpha value is -6.58. The van der Waals surface area contributed by atoms with Gasteiger partial charge in [-0.2, -0.15) is 0 Å². The van der Waals surface area contributed by atoms with Crippen LogP contribution in [0.1, 0.15) is 203 Å². The van der Waals surface area contributed by atoms with E-state index < -0.39 is 190 Å². The lowest BCUT2D eigenvalue weighted by molar-refractivity contribution is -0.370. The SMILES string of the molecule is CCOC(=O)C(NC(=O)C1OC(OC2C(OC3CC[C@@]4(C)C(CC[C@]5(C)C4C(=O)C=C4C6C[C@@](C)(C(=O)NC(C(=O)OCC)C(C)C)CC[C@]6(C)CC[C@]45C)C3(C)C)OC(C(=O)NC(C(=O)OCC)C(C)C)C(OC(C)=O)C2OC(C)=O)C(OC(C)=O)C(OC(C)=O)C1OC(C)=O)C(C)C. The van der Waals surface area contributed by atoms with Crippen molar-refractivity contribution >= 4 is 71.3 Å². The second kappa shape index (κ2) is 31.6. The highest BCUT2D eigenvalue weighted by Crippen LogP contribution is 2.75. The van der Waals surface area contributed by atoms with Crippen LogP contribution >= 0.6 is 0 Å². The third kappa shape index (κ3) is 16.3. The molecule has 0 aromatic heterocycles. The Morgan fingerprint density at radius 1 is 0.500 bits per heavy atom. The highest BCUT2D eigenvalue weighted by molar-refractivity contribution is 5.96. The van der Waals surface area contributed by atoms with Gasteiger partial charge >= 0.3 is 47.8 Å². The fourth-order valence-corrected chi connectivity index (χ4v) is 17.9. The molecule has 17 unspecified atom stereocenters. The molecule has 0 spiro atoms. The summed E-state index contributed by atoms with van der Waals surface area (Å²) in [5.41, 5.74) is -2.70. The van der Waals surface area contributed by atoms with Gasteiger partial charge in [0.2, 0.25) is 5.91 Å². The van der Waals surface area contributed by atoms with Crippen LogP contribution in [0.5, 0.6) is 0 Å². The average molecular weight is 1410 g/mol. The van der Waals surface area contributed by atoms with E-state index in [9.17, 15) is 47.9 Å². The van der Waals surface area contributed by atoms with Gasteiger partial charge in [-0.3, -0.25) is 43.2 Å². The molecule has 562 valence electrons. The topological polar surface area (TPSA) is 352 Å². The van der Waals surface area contributed by atoms with Crippen LogP contribution in [0.4, 0.5) is 0 Å². The first-order valence-corrected chi connectivity index (χ1v) is 35.7. The van der Waals surface area contributed by atoms with Crippen LogP contribution in [-0.2, 0) is 114 Å². The number of hydrogen-bond donors (Lipinski definition) is 3. The van der Waals surface area contributed by atoms with Gasteiger partial charge in [-0.05, 0) is 141 Å². The Morgan fingerprint density at radius 3 is 1.35 bits per heavy atom. The van der Waals surface area contributed by atoms with Gasteiger partial charge in [0.15, 0.2) is 67.2 Å². The first kappa shape index (κ1) is 80.7. The molecule has 22 atom stereocenters. The third-order valence-corrected chi connectivity index (χ3v) is 23.2. The molecule has 0 radical (unpaired) electrons. The number of allylic oxidation sites excluding steroid dienone is 2. The summed E-state index contributed by atoms with van der Waals surface area (Å²) in [5.74, 6) is -12.0. The van der Waals surface area contributed by atoms with Crippen molar-refractivity contribution < 1.29 is 114 Å². The van der Waals surface area contributed by atoms with Crippen LogP contribution in [0.25, 0.3) is 0 Å². The predicted octanol–water partition coefficient (Wildman–Crippen LogP) is 6.96. The summed E-state index contributed by atoms with van der Waals surface area (Å²) in [7, 11) is 0. The molecule has 100 heavy (non-hydrogen) atoms. The van der Waals surface area contributed by atoms with E-state index in [1.165, 1.54) is 0 Å². The van der Waals surface area contributed by atoms with E-state index in [1.54, 1.807) is 48.5 Å². The summed E-state index contributed by atoms with van der Waals surface area (Å²) in [5, 5.41) is 8.32. The first-order chi connectivity index (χ1) is 46.5. The molecule has 6 fully saturated rings. The second-order valence-electron chi connectivity index (χ2n) is 31.5. The van der Waals surface area contributed by atoms with Gasteiger partial charge in [0.25, 0.3) is 11.8 Å². The van der Waals surface area contributed by atoms with E-state index in [0.29, 0.717) is 32.1 Å². The van der Waals surface area contributed by atoms with E-state index in [1.807, 2.05) is 40.7 Å². The number of amides is 3. The molecule has 7 aliphatic rings. The molecule has 2 heterocycles. The van der Waals surface area contributed by atoms with Crippen LogP contribution < -0.4 is 16.0 Å². The number of carbonyl (C=O) groups excluding carboxylic acids is 12. The molecule has 0 aromatic carbocycles. The number of carbonyl (C=O) groups is 12. The highest BCUT2D eigenvalue weighted by atomic mass is 16.8. The molecular formula is C73H111N3O24. The summed E-state index contributed by atoms with van der Waals surface area (Å²) in [6.45, 7) is 35.2. The standard InChI is InChI=1S/C73H111N3O24/c1-22-89-62(85)48(35(4)5)74-60(83)55-52(93-39(11)78)54(95-41(13)80)58(100-66-57(96-42(14)81)53(94-40(12)79)51(92-38(10)77)56(99-66)61(84)75-49(36(6)7)63(86)90-23-2)65(98-55)97-47-26-27-71(19)46(68(47,15)16)25-28-73(21)59(71)45(82)33-43-44-34-70(18,30-29-69(44,17)31-32-72(43,73)20)67(88)76-50(37(8)9)64(87)91-24-3/h33,35-37,44,46-59,65-66H,22-32,34H2,1-21H3,(H,74,83)(H,75,84)(H,76,88)/t44?,46?,47?,48?,49?,50?,51?,52?,53?,54?,55?,56?,57?,58?,59?,65?,66?,69-,70+,71+,72-,73-/m1/s1. The number of rotatable bonds is 24. The molecule has 27 heteroatoms. The van der Waals surface area contributed by atoms with Gasteiger partial charge in [0, 0.05) is 46.0 Å². The Morgan fingerprint density at radius 2 is 0.910 bits per heavy atom.